The molecular formula is C9H11NV2W. The molecular weight excluding hydrogens is 408 g/mol. The standard InChI is InChI=1S/C9H11N.2V.W/c1-9(2,3)8-5-4-6-10-7-8;;;/h6-7H,1-3H3;;;. The zero-order valence-corrected chi connectivity index (χ0v) is 13.6. The number of nitrogens with zero attached hydrogens (tertiary/aromatic N) is 1. The Labute approximate surface area is 111 Å². The third kappa shape index (κ3) is 3.57. The molecule has 68 valence electrons. The summed E-state index contributed by atoms with van der Waals surface area (Å²) < 4.78 is 2.68. The molecule has 13 heavy (non-hydrogen) atoms. The Kier molecular flexibility index (Phi) is 5.59. The average Bonchev–Trinajstić information content (AvgIpc) is 1.92. The van der Waals surface area contributed by atoms with Crippen LogP contribution in [0.4, 0.5) is 0 Å². The monoisotopic (exact) mass is 419 g/mol. The molecule has 0 bridgehead atoms. The normalized spacial score (nSPS) is 16.6. The Morgan fingerprint density at radius 1 is 1.38 bits per heavy atom. The fourth-order valence-corrected chi connectivity index (χ4v) is 2.74. The van der Waals surface area contributed by atoms with Crippen LogP contribution in [0.1, 0.15) is 20.8 Å². The summed E-state index contributed by atoms with van der Waals surface area (Å²) in [5.74, 6) is 0. The van der Waals surface area contributed by atoms with E-state index in [-0.39, 0.29) is 24.0 Å². The maximum Gasteiger partial charge on any atom is 0 e. The number of hydrogen-bond donors (Lipinski definition) is 0. The predicted molar refractivity (Wildman–Crippen MR) is 46.0 cm³/mol. The van der Waals surface area contributed by atoms with Crippen molar-refractivity contribution in [1.29, 1.82) is 0 Å². The SMILES string of the molecule is CC(C)(C)C1=CN=C[C](=[V])[C]1=[W].[V]. The molecule has 0 atom stereocenters. The van der Waals surface area contributed by atoms with Crippen LogP contribution in [0.15, 0.2) is 16.8 Å². The summed E-state index contributed by atoms with van der Waals surface area (Å²) in [5, 5.41) is 0. The van der Waals surface area contributed by atoms with Crippen molar-refractivity contribution < 1.29 is 54.9 Å². The van der Waals surface area contributed by atoms with Gasteiger partial charge in [0.25, 0.3) is 0 Å². The molecule has 1 aliphatic rings. The molecule has 1 radical (unpaired) electrons. The number of hydrogen-bond acceptors (Lipinski definition) is 1. The summed E-state index contributed by atoms with van der Waals surface area (Å²) >= 11 is 4.11. The molecule has 1 aliphatic heterocycles. The molecule has 0 aliphatic carbocycles. The average molecular weight is 419 g/mol. The quantitative estimate of drug-likeness (QED) is 0.564. The van der Waals surface area contributed by atoms with Gasteiger partial charge < -0.3 is 0 Å². The van der Waals surface area contributed by atoms with E-state index in [2.05, 4.69) is 42.7 Å². The van der Waals surface area contributed by atoms with Crippen molar-refractivity contribution in [2.75, 3.05) is 0 Å². The molecule has 0 fully saturated rings. The molecule has 0 amide bonds. The van der Waals surface area contributed by atoms with Gasteiger partial charge in [0.2, 0.25) is 0 Å². The van der Waals surface area contributed by atoms with Crippen LogP contribution >= 0.6 is 0 Å². The largest absolute Gasteiger partial charge is 0 e. The van der Waals surface area contributed by atoms with E-state index in [1.807, 2.05) is 12.4 Å². The van der Waals surface area contributed by atoms with Gasteiger partial charge in [0, 0.05) is 18.6 Å². The number of allylic oxidation sites excluding steroid dienone is 1. The maximum absolute atomic E-state index is 4.21. The molecule has 0 saturated heterocycles. The first-order valence-corrected chi connectivity index (χ1v) is 5.94. The molecule has 1 nitrogen and oxygen atoms in total. The molecule has 1 heterocycles. The fraction of sp³-hybridized carbons (Fsp3) is 0.444. The van der Waals surface area contributed by atoms with Crippen molar-refractivity contribution in [1.82, 2.24) is 0 Å². The summed E-state index contributed by atoms with van der Waals surface area (Å²) in [4.78, 5) is 4.21. The first kappa shape index (κ1) is 14.0. The van der Waals surface area contributed by atoms with Crippen LogP contribution in [-0.2, 0) is 54.9 Å². The van der Waals surface area contributed by atoms with E-state index in [0.717, 1.165) is 0 Å². The summed E-state index contributed by atoms with van der Waals surface area (Å²) in [6.07, 6.45) is 3.90. The van der Waals surface area contributed by atoms with Gasteiger partial charge in [-0.25, -0.2) is 0 Å². The van der Waals surface area contributed by atoms with E-state index in [9.17, 15) is 0 Å². The van der Waals surface area contributed by atoms with Gasteiger partial charge in [0.1, 0.15) is 0 Å². The second kappa shape index (κ2) is 5.19. The van der Waals surface area contributed by atoms with Gasteiger partial charge in [-0.05, 0) is 0 Å². The van der Waals surface area contributed by atoms with Crippen LogP contribution in [0.5, 0.6) is 0 Å². The molecule has 0 N–H and O–H groups in total. The van der Waals surface area contributed by atoms with Crippen molar-refractivity contribution >= 4 is 14.3 Å². The Morgan fingerprint density at radius 2 is 1.92 bits per heavy atom. The fourth-order valence-electron chi connectivity index (χ4n) is 0.972. The van der Waals surface area contributed by atoms with E-state index in [1.54, 1.807) is 0 Å². The van der Waals surface area contributed by atoms with Crippen LogP contribution in [0.25, 0.3) is 0 Å². The predicted octanol–water partition coefficient (Wildman–Crippen LogP) is 1.44. The van der Waals surface area contributed by atoms with E-state index < -0.39 is 0 Å². The zero-order chi connectivity index (χ0) is 9.35. The van der Waals surface area contributed by atoms with Gasteiger partial charge in [-0.2, -0.15) is 0 Å². The summed E-state index contributed by atoms with van der Waals surface area (Å²) in [6, 6.07) is 0. The first-order chi connectivity index (χ1) is 5.43. The van der Waals surface area contributed by atoms with Crippen LogP contribution in [0, 0.1) is 5.41 Å². The van der Waals surface area contributed by atoms with E-state index >= 15 is 0 Å². The maximum atomic E-state index is 4.21. The Hall–Kier alpha value is 1.01. The summed E-state index contributed by atoms with van der Waals surface area (Å²) in [5.41, 5.74) is 1.59. The van der Waals surface area contributed by atoms with E-state index in [1.165, 1.54) is 33.1 Å². The van der Waals surface area contributed by atoms with Crippen molar-refractivity contribution in [2.24, 2.45) is 10.4 Å². The first-order valence-electron chi connectivity index (χ1n) is 3.77. The summed E-state index contributed by atoms with van der Waals surface area (Å²) in [6.45, 7) is 6.68. The number of rotatable bonds is 0. The van der Waals surface area contributed by atoms with Gasteiger partial charge in [0.05, 0.1) is 0 Å². The summed E-state index contributed by atoms with van der Waals surface area (Å²) in [7, 11) is 0. The Bertz CT molecular complexity index is 297. The van der Waals surface area contributed by atoms with Gasteiger partial charge >= 0.3 is 93.6 Å². The van der Waals surface area contributed by atoms with Gasteiger partial charge in [-0.1, -0.05) is 0 Å². The van der Waals surface area contributed by atoms with Crippen LogP contribution in [0.3, 0.4) is 0 Å². The molecule has 4 heteroatoms. The zero-order valence-electron chi connectivity index (χ0n) is 7.90. The molecule has 0 aromatic rings. The third-order valence-electron chi connectivity index (χ3n) is 1.69. The van der Waals surface area contributed by atoms with Gasteiger partial charge in [0.15, 0.2) is 0 Å². The van der Waals surface area contributed by atoms with Crippen molar-refractivity contribution in [2.45, 2.75) is 20.8 Å². The van der Waals surface area contributed by atoms with E-state index in [0.29, 0.717) is 0 Å². The van der Waals surface area contributed by atoms with Crippen molar-refractivity contribution in [3.8, 4) is 0 Å². The third-order valence-corrected chi connectivity index (χ3v) is 4.75. The minimum atomic E-state index is 0. The van der Waals surface area contributed by atoms with Gasteiger partial charge in [-0.3, -0.25) is 0 Å². The molecule has 0 aromatic carbocycles. The topological polar surface area (TPSA) is 12.4 Å². The Morgan fingerprint density at radius 3 is 2.31 bits per heavy atom. The van der Waals surface area contributed by atoms with Crippen LogP contribution in [-0.4, -0.2) is 14.3 Å². The Balaban J connectivity index is 0.00000144. The second-order valence-electron chi connectivity index (χ2n) is 3.79. The van der Waals surface area contributed by atoms with Crippen LogP contribution in [0.2, 0.25) is 0 Å². The van der Waals surface area contributed by atoms with E-state index in [4.69, 9.17) is 0 Å². The minimum Gasteiger partial charge on any atom is 0 e. The van der Waals surface area contributed by atoms with Gasteiger partial charge in [-0.15, -0.1) is 0 Å². The molecule has 1 rings (SSSR count). The smallest absolute Gasteiger partial charge is 0 e. The molecule has 0 saturated carbocycles. The molecule has 0 unspecified atom stereocenters. The van der Waals surface area contributed by atoms with Crippen molar-refractivity contribution in [3.05, 3.63) is 11.8 Å². The van der Waals surface area contributed by atoms with Crippen LogP contribution < -0.4 is 0 Å². The molecule has 0 spiro atoms. The number of aliphatic imine (C=N–C) groups is 1. The van der Waals surface area contributed by atoms with Crippen molar-refractivity contribution in [3.63, 3.8) is 0 Å². The minimum absolute atomic E-state index is 0. The molecule has 0 aromatic heterocycles. The second-order valence-corrected chi connectivity index (χ2v) is 6.00.